The van der Waals surface area contributed by atoms with Gasteiger partial charge in [-0.1, -0.05) is 0 Å². The van der Waals surface area contributed by atoms with Crippen LogP contribution < -0.4 is 15.0 Å². The van der Waals surface area contributed by atoms with E-state index in [9.17, 15) is 4.79 Å². The van der Waals surface area contributed by atoms with Gasteiger partial charge in [-0.3, -0.25) is 9.59 Å². The van der Waals surface area contributed by atoms with E-state index in [0.717, 1.165) is 37.6 Å². The van der Waals surface area contributed by atoms with Crippen LogP contribution in [0.25, 0.3) is 5.69 Å². The quantitative estimate of drug-likeness (QED) is 0.567. The molecule has 0 atom stereocenters. The first-order valence-corrected chi connectivity index (χ1v) is 9.90. The lowest BCUT2D eigenvalue weighted by Crippen LogP contribution is -2.44. The number of benzene rings is 2. The average molecular weight is 439 g/mol. The molecule has 1 fully saturated rings. The Balaban J connectivity index is 0.000000913. The number of ether oxygens (including phenoxy) is 1. The SMILES string of the molecule is COc1cc(-n2cnnn2)ccc1NC(=O)c1ccc(N2CCN(C)CC2)cc1.O=CO. The summed E-state index contributed by atoms with van der Waals surface area (Å²) in [6.45, 7) is 3.82. The molecule has 1 aromatic heterocycles. The first kappa shape index (κ1) is 22.7. The number of piperazine rings is 1. The zero-order chi connectivity index (χ0) is 22.9. The first-order chi connectivity index (χ1) is 15.5. The van der Waals surface area contributed by atoms with Crippen molar-refractivity contribution in [1.29, 1.82) is 0 Å². The van der Waals surface area contributed by atoms with Gasteiger partial charge in [0.25, 0.3) is 12.4 Å². The second-order valence-electron chi connectivity index (χ2n) is 7.04. The summed E-state index contributed by atoms with van der Waals surface area (Å²) in [5.41, 5.74) is 3.05. The smallest absolute Gasteiger partial charge is 0.290 e. The molecule has 0 bridgehead atoms. The van der Waals surface area contributed by atoms with Gasteiger partial charge in [0.2, 0.25) is 0 Å². The third kappa shape index (κ3) is 5.58. The highest BCUT2D eigenvalue weighted by atomic mass is 16.5. The Kier molecular flexibility index (Phi) is 7.70. The average Bonchev–Trinajstić information content (AvgIpc) is 3.35. The number of amides is 1. The number of rotatable bonds is 5. The Morgan fingerprint density at radius 2 is 1.75 bits per heavy atom. The summed E-state index contributed by atoms with van der Waals surface area (Å²) in [5, 5.41) is 20.9. The molecule has 0 aliphatic carbocycles. The normalized spacial score (nSPS) is 13.6. The molecule has 11 nitrogen and oxygen atoms in total. The summed E-state index contributed by atoms with van der Waals surface area (Å²) in [5.74, 6) is 0.337. The van der Waals surface area contributed by atoms with Crippen LogP contribution in [0.4, 0.5) is 11.4 Å². The maximum absolute atomic E-state index is 12.7. The van der Waals surface area contributed by atoms with Crippen molar-refractivity contribution in [3.05, 3.63) is 54.4 Å². The number of nitrogens with zero attached hydrogens (tertiary/aromatic N) is 6. The third-order valence-corrected chi connectivity index (χ3v) is 5.04. The predicted octanol–water partition coefficient (Wildman–Crippen LogP) is 1.38. The van der Waals surface area contributed by atoms with Crippen molar-refractivity contribution >= 4 is 23.8 Å². The number of aromatic nitrogens is 4. The van der Waals surface area contributed by atoms with Gasteiger partial charge in [-0.05, 0) is 53.9 Å². The van der Waals surface area contributed by atoms with E-state index < -0.39 is 0 Å². The summed E-state index contributed by atoms with van der Waals surface area (Å²) < 4.78 is 6.94. The van der Waals surface area contributed by atoms with E-state index in [1.807, 2.05) is 30.3 Å². The van der Waals surface area contributed by atoms with E-state index in [1.54, 1.807) is 19.2 Å². The molecule has 2 aromatic carbocycles. The fourth-order valence-electron chi connectivity index (χ4n) is 3.29. The minimum atomic E-state index is -0.250. The Morgan fingerprint density at radius 3 is 2.34 bits per heavy atom. The van der Waals surface area contributed by atoms with Crippen LogP contribution in [0.3, 0.4) is 0 Å². The van der Waals surface area contributed by atoms with Gasteiger partial charge in [0.15, 0.2) is 0 Å². The summed E-state index contributed by atoms with van der Waals surface area (Å²) in [6.07, 6.45) is 1.49. The highest BCUT2D eigenvalue weighted by Gasteiger charge is 2.15. The van der Waals surface area contributed by atoms with Gasteiger partial charge < -0.3 is 25.0 Å². The number of hydrogen-bond acceptors (Lipinski definition) is 8. The van der Waals surface area contributed by atoms with Crippen LogP contribution in [0.5, 0.6) is 5.75 Å². The van der Waals surface area contributed by atoms with Crippen LogP contribution in [-0.4, -0.2) is 82.9 Å². The minimum absolute atomic E-state index is 0.191. The molecule has 1 saturated heterocycles. The molecule has 1 aliphatic rings. The number of likely N-dealkylation sites (N-methyl/N-ethyl adjacent to an activating group) is 1. The molecule has 0 radical (unpaired) electrons. The standard InChI is InChI=1S/C20H23N7O2.CH2O2/c1-25-9-11-26(12-10-25)16-5-3-15(4-6-16)20(28)22-18-8-7-17(13-19(18)29-2)27-14-21-23-24-27;2-1-3/h3-8,13-14H,9-12H2,1-2H3,(H,22,28);1H,(H,2,3). The topological polar surface area (TPSA) is 126 Å². The summed E-state index contributed by atoms with van der Waals surface area (Å²) >= 11 is 0. The van der Waals surface area contributed by atoms with Crippen LogP contribution >= 0.6 is 0 Å². The lowest BCUT2D eigenvalue weighted by Gasteiger charge is -2.34. The maximum atomic E-state index is 12.7. The van der Waals surface area contributed by atoms with Crippen molar-refractivity contribution in [2.24, 2.45) is 0 Å². The van der Waals surface area contributed by atoms with Gasteiger partial charge in [0.05, 0.1) is 18.5 Å². The number of anilines is 2. The predicted molar refractivity (Wildman–Crippen MR) is 119 cm³/mol. The minimum Gasteiger partial charge on any atom is -0.494 e. The summed E-state index contributed by atoms with van der Waals surface area (Å²) in [6, 6.07) is 13.0. The molecule has 4 rings (SSSR count). The zero-order valence-electron chi connectivity index (χ0n) is 17.9. The molecule has 11 heteroatoms. The largest absolute Gasteiger partial charge is 0.494 e. The van der Waals surface area contributed by atoms with Gasteiger partial charge in [-0.15, -0.1) is 5.10 Å². The lowest BCUT2D eigenvalue weighted by atomic mass is 10.1. The molecule has 0 unspecified atom stereocenters. The fraction of sp³-hybridized carbons (Fsp3) is 0.286. The Labute approximate surface area is 185 Å². The second kappa shape index (κ2) is 10.9. The van der Waals surface area contributed by atoms with E-state index in [-0.39, 0.29) is 12.4 Å². The van der Waals surface area contributed by atoms with Crippen LogP contribution in [-0.2, 0) is 4.79 Å². The Morgan fingerprint density at radius 1 is 1.09 bits per heavy atom. The zero-order valence-corrected chi connectivity index (χ0v) is 17.9. The highest BCUT2D eigenvalue weighted by molar-refractivity contribution is 6.05. The second-order valence-corrected chi connectivity index (χ2v) is 7.04. The number of methoxy groups -OCH3 is 1. The van der Waals surface area contributed by atoms with E-state index in [0.29, 0.717) is 17.0 Å². The lowest BCUT2D eigenvalue weighted by molar-refractivity contribution is -0.122. The first-order valence-electron chi connectivity index (χ1n) is 9.90. The van der Waals surface area contributed by atoms with Gasteiger partial charge >= 0.3 is 0 Å². The molecule has 2 heterocycles. The van der Waals surface area contributed by atoms with Crippen molar-refractivity contribution in [2.45, 2.75) is 0 Å². The van der Waals surface area contributed by atoms with Crippen LogP contribution in [0.15, 0.2) is 48.8 Å². The number of carbonyl (C=O) groups excluding carboxylic acids is 1. The molecule has 168 valence electrons. The van der Waals surface area contributed by atoms with E-state index >= 15 is 0 Å². The van der Waals surface area contributed by atoms with Crippen molar-refractivity contribution in [3.8, 4) is 11.4 Å². The maximum Gasteiger partial charge on any atom is 0.290 e. The summed E-state index contributed by atoms with van der Waals surface area (Å²) in [4.78, 5) is 25.7. The highest BCUT2D eigenvalue weighted by Crippen LogP contribution is 2.27. The van der Waals surface area contributed by atoms with Gasteiger partial charge in [-0.2, -0.15) is 0 Å². The summed E-state index contributed by atoms with van der Waals surface area (Å²) in [7, 11) is 3.69. The van der Waals surface area contributed by atoms with Crippen molar-refractivity contribution in [3.63, 3.8) is 0 Å². The van der Waals surface area contributed by atoms with Gasteiger partial charge in [0.1, 0.15) is 12.1 Å². The van der Waals surface area contributed by atoms with Crippen LogP contribution in [0.2, 0.25) is 0 Å². The van der Waals surface area contributed by atoms with Crippen molar-refractivity contribution in [2.75, 3.05) is 50.6 Å². The Hall–Kier alpha value is -3.99. The number of carbonyl (C=O) groups is 2. The van der Waals surface area contributed by atoms with Gasteiger partial charge in [0, 0.05) is 43.5 Å². The molecular formula is C21H25N7O4. The van der Waals surface area contributed by atoms with Crippen LogP contribution in [0.1, 0.15) is 10.4 Å². The molecular weight excluding hydrogens is 414 g/mol. The molecule has 1 aliphatic heterocycles. The van der Waals surface area contributed by atoms with Crippen LogP contribution in [0, 0.1) is 0 Å². The fourth-order valence-corrected chi connectivity index (χ4v) is 3.29. The van der Waals surface area contributed by atoms with Crippen molar-refractivity contribution < 1.29 is 19.4 Å². The van der Waals surface area contributed by atoms with Crippen molar-refractivity contribution in [1.82, 2.24) is 25.1 Å². The van der Waals surface area contributed by atoms with Gasteiger partial charge in [-0.25, -0.2) is 4.68 Å². The molecule has 2 N–H and O–H groups in total. The third-order valence-electron chi connectivity index (χ3n) is 5.04. The molecule has 3 aromatic rings. The molecule has 32 heavy (non-hydrogen) atoms. The van der Waals surface area contributed by atoms with E-state index in [2.05, 4.69) is 37.7 Å². The number of carboxylic acid groups (broad SMARTS) is 1. The molecule has 0 spiro atoms. The van der Waals surface area contributed by atoms with E-state index in [4.69, 9.17) is 14.6 Å². The number of tetrazole rings is 1. The Bertz CT molecular complexity index is 1020. The monoisotopic (exact) mass is 439 g/mol. The molecule has 1 amide bonds. The number of hydrogen-bond donors (Lipinski definition) is 2. The van der Waals surface area contributed by atoms with E-state index in [1.165, 1.54) is 11.0 Å². The number of nitrogens with one attached hydrogen (secondary N) is 1. The molecule has 0 saturated carbocycles.